The first-order valence-corrected chi connectivity index (χ1v) is 9.87. The van der Waals surface area contributed by atoms with E-state index in [9.17, 15) is 4.79 Å². The highest BCUT2D eigenvalue weighted by Crippen LogP contribution is 2.20. The summed E-state index contributed by atoms with van der Waals surface area (Å²) in [4.78, 5) is 23.3. The molecule has 1 aliphatic carbocycles. The summed E-state index contributed by atoms with van der Waals surface area (Å²) in [6.45, 7) is 2.62. The normalized spacial score (nSPS) is 13.6. The molecule has 0 atom stereocenters. The summed E-state index contributed by atoms with van der Waals surface area (Å²) < 4.78 is 0. The van der Waals surface area contributed by atoms with Crippen molar-refractivity contribution in [3.05, 3.63) is 53.5 Å². The number of nitrogens with zero attached hydrogens (tertiary/aromatic N) is 3. The van der Waals surface area contributed by atoms with Crippen molar-refractivity contribution in [3.8, 4) is 0 Å². The van der Waals surface area contributed by atoms with Crippen molar-refractivity contribution >= 4 is 23.1 Å². The molecule has 0 fully saturated rings. The van der Waals surface area contributed by atoms with Gasteiger partial charge in [0.15, 0.2) is 0 Å². The van der Waals surface area contributed by atoms with Gasteiger partial charge in [0.25, 0.3) is 5.91 Å². The van der Waals surface area contributed by atoms with Crippen molar-refractivity contribution in [2.75, 3.05) is 36.2 Å². The van der Waals surface area contributed by atoms with Crippen LogP contribution in [0.5, 0.6) is 0 Å². The maximum Gasteiger partial charge on any atom is 0.274 e. The molecule has 6 nitrogen and oxygen atoms in total. The number of aromatic nitrogens is 2. The number of nitrogens with one attached hydrogen (secondary N) is 2. The van der Waals surface area contributed by atoms with Crippen molar-refractivity contribution in [2.45, 2.75) is 39.0 Å². The monoisotopic (exact) mass is 379 g/mol. The third-order valence-electron chi connectivity index (χ3n) is 4.85. The van der Waals surface area contributed by atoms with Gasteiger partial charge in [-0.05, 0) is 63.3 Å². The molecule has 1 aromatic heterocycles. The SMILES string of the molecule is Cc1nc(NCCC2=CCCCC2)cc(C(=O)Nc2ccc(N(C)C)cc2)n1. The molecule has 28 heavy (non-hydrogen) atoms. The molecule has 0 spiro atoms. The standard InChI is InChI=1S/C22H29N5O/c1-16-24-20(22(28)26-18-9-11-19(12-10-18)27(2)3)15-21(25-16)23-14-13-17-7-5-4-6-8-17/h7,9-12,15H,4-6,8,13-14H2,1-3H3,(H,26,28)(H,23,24,25). The topological polar surface area (TPSA) is 70.2 Å². The second-order valence-corrected chi connectivity index (χ2v) is 7.37. The molecule has 1 amide bonds. The Morgan fingerprint density at radius 2 is 1.93 bits per heavy atom. The average molecular weight is 380 g/mol. The molecule has 0 saturated carbocycles. The summed E-state index contributed by atoms with van der Waals surface area (Å²) >= 11 is 0. The number of aryl methyl sites for hydroxylation is 1. The Kier molecular flexibility index (Phi) is 6.63. The van der Waals surface area contributed by atoms with Gasteiger partial charge >= 0.3 is 0 Å². The van der Waals surface area contributed by atoms with Gasteiger partial charge in [-0.1, -0.05) is 11.6 Å². The fraction of sp³-hybridized carbons (Fsp3) is 0.409. The van der Waals surface area contributed by atoms with E-state index in [2.05, 4.69) is 26.7 Å². The lowest BCUT2D eigenvalue weighted by atomic mass is 9.97. The lowest BCUT2D eigenvalue weighted by molar-refractivity contribution is 0.102. The summed E-state index contributed by atoms with van der Waals surface area (Å²) in [6, 6.07) is 9.42. The zero-order valence-corrected chi connectivity index (χ0v) is 17.0. The molecule has 1 aliphatic rings. The molecule has 1 aromatic carbocycles. The number of carbonyl (C=O) groups is 1. The second-order valence-electron chi connectivity index (χ2n) is 7.37. The van der Waals surface area contributed by atoms with Crippen LogP contribution in [0.25, 0.3) is 0 Å². The molecule has 0 radical (unpaired) electrons. The highest BCUT2D eigenvalue weighted by atomic mass is 16.1. The van der Waals surface area contributed by atoms with E-state index in [4.69, 9.17) is 0 Å². The summed E-state index contributed by atoms with van der Waals surface area (Å²) in [7, 11) is 3.97. The maximum atomic E-state index is 12.6. The van der Waals surface area contributed by atoms with E-state index >= 15 is 0 Å². The molecule has 148 valence electrons. The summed E-state index contributed by atoms with van der Waals surface area (Å²) in [6.07, 6.45) is 8.36. The van der Waals surface area contributed by atoms with Crippen LogP contribution < -0.4 is 15.5 Å². The van der Waals surface area contributed by atoms with Crippen LogP contribution in [0, 0.1) is 6.92 Å². The van der Waals surface area contributed by atoms with Crippen molar-refractivity contribution in [2.24, 2.45) is 0 Å². The van der Waals surface area contributed by atoms with Crippen LogP contribution in [0.1, 0.15) is 48.4 Å². The fourth-order valence-corrected chi connectivity index (χ4v) is 3.30. The van der Waals surface area contributed by atoms with E-state index < -0.39 is 0 Å². The van der Waals surface area contributed by atoms with Gasteiger partial charge in [0.1, 0.15) is 17.3 Å². The van der Waals surface area contributed by atoms with Crippen molar-refractivity contribution < 1.29 is 4.79 Å². The van der Waals surface area contributed by atoms with Gasteiger partial charge < -0.3 is 15.5 Å². The lowest BCUT2D eigenvalue weighted by Crippen LogP contribution is -2.16. The van der Waals surface area contributed by atoms with Gasteiger partial charge in [-0.15, -0.1) is 0 Å². The first-order valence-electron chi connectivity index (χ1n) is 9.87. The van der Waals surface area contributed by atoms with Gasteiger partial charge in [0.2, 0.25) is 0 Å². The Bertz CT molecular complexity index is 843. The highest BCUT2D eigenvalue weighted by Gasteiger charge is 2.11. The van der Waals surface area contributed by atoms with Crippen molar-refractivity contribution in [1.29, 1.82) is 0 Å². The molecular formula is C22H29N5O. The molecule has 0 saturated heterocycles. The van der Waals surface area contributed by atoms with Crippen molar-refractivity contribution in [3.63, 3.8) is 0 Å². The number of allylic oxidation sites excluding steroid dienone is 1. The number of rotatable bonds is 7. The van der Waals surface area contributed by atoms with Gasteiger partial charge in [-0.2, -0.15) is 0 Å². The number of hydrogen-bond donors (Lipinski definition) is 2. The Labute approximate surface area is 167 Å². The largest absolute Gasteiger partial charge is 0.378 e. The smallest absolute Gasteiger partial charge is 0.274 e. The zero-order chi connectivity index (χ0) is 19.9. The molecule has 2 aromatic rings. The van der Waals surface area contributed by atoms with Crippen LogP contribution in [-0.2, 0) is 0 Å². The first-order chi connectivity index (χ1) is 13.5. The minimum atomic E-state index is -0.235. The second kappa shape index (κ2) is 9.35. The summed E-state index contributed by atoms with van der Waals surface area (Å²) in [5, 5.41) is 6.24. The third kappa shape index (κ3) is 5.55. The minimum absolute atomic E-state index is 0.235. The first kappa shape index (κ1) is 19.9. The van der Waals surface area contributed by atoms with E-state index in [1.807, 2.05) is 43.3 Å². The van der Waals surface area contributed by atoms with Gasteiger partial charge in [-0.25, -0.2) is 9.97 Å². The zero-order valence-electron chi connectivity index (χ0n) is 17.0. The van der Waals surface area contributed by atoms with E-state index in [1.165, 1.54) is 31.3 Å². The molecule has 1 heterocycles. The quantitative estimate of drug-likeness (QED) is 0.698. The van der Waals surface area contributed by atoms with Crippen molar-refractivity contribution in [1.82, 2.24) is 9.97 Å². The van der Waals surface area contributed by atoms with Crippen LogP contribution in [-0.4, -0.2) is 36.5 Å². The third-order valence-corrected chi connectivity index (χ3v) is 4.85. The molecule has 0 unspecified atom stereocenters. The van der Waals surface area contributed by atoms with Gasteiger partial charge in [0.05, 0.1) is 0 Å². The minimum Gasteiger partial charge on any atom is -0.378 e. The van der Waals surface area contributed by atoms with Crippen LogP contribution >= 0.6 is 0 Å². The Morgan fingerprint density at radius 1 is 1.14 bits per heavy atom. The number of anilines is 3. The number of benzene rings is 1. The molecule has 0 aliphatic heterocycles. The van der Waals surface area contributed by atoms with Crippen LogP contribution in [0.2, 0.25) is 0 Å². The van der Waals surface area contributed by atoms with E-state index in [-0.39, 0.29) is 5.91 Å². The van der Waals surface area contributed by atoms with E-state index in [1.54, 1.807) is 13.0 Å². The van der Waals surface area contributed by atoms with Gasteiger partial charge in [0, 0.05) is 38.1 Å². The predicted molar refractivity (Wildman–Crippen MR) is 115 cm³/mol. The average Bonchev–Trinajstić information content (AvgIpc) is 2.69. The molecule has 0 bridgehead atoms. The Morgan fingerprint density at radius 3 is 2.61 bits per heavy atom. The molecular weight excluding hydrogens is 350 g/mol. The Hall–Kier alpha value is -2.89. The molecule has 6 heteroatoms. The highest BCUT2D eigenvalue weighted by molar-refractivity contribution is 6.03. The van der Waals surface area contributed by atoms with Crippen LogP contribution in [0.15, 0.2) is 42.0 Å². The van der Waals surface area contributed by atoms with Gasteiger partial charge in [-0.3, -0.25) is 4.79 Å². The Balaban J connectivity index is 1.61. The lowest BCUT2D eigenvalue weighted by Gasteiger charge is -2.14. The van der Waals surface area contributed by atoms with Crippen LogP contribution in [0.4, 0.5) is 17.2 Å². The van der Waals surface area contributed by atoms with Crippen LogP contribution in [0.3, 0.4) is 0 Å². The fourth-order valence-electron chi connectivity index (χ4n) is 3.30. The number of hydrogen-bond acceptors (Lipinski definition) is 5. The summed E-state index contributed by atoms with van der Waals surface area (Å²) in [5.74, 6) is 1.04. The summed E-state index contributed by atoms with van der Waals surface area (Å²) in [5.41, 5.74) is 3.70. The number of amides is 1. The van der Waals surface area contributed by atoms with E-state index in [0.29, 0.717) is 17.3 Å². The number of carbonyl (C=O) groups excluding carboxylic acids is 1. The molecule has 3 rings (SSSR count). The maximum absolute atomic E-state index is 12.6. The molecule has 2 N–H and O–H groups in total. The predicted octanol–water partition coefficient (Wildman–Crippen LogP) is 4.41. The van der Waals surface area contributed by atoms with E-state index in [0.717, 1.165) is 24.3 Å².